The number of carbonyl (C=O) groups is 1. The fourth-order valence-electron chi connectivity index (χ4n) is 1.77. The van der Waals surface area contributed by atoms with Crippen LogP contribution in [0.5, 0.6) is 0 Å². The summed E-state index contributed by atoms with van der Waals surface area (Å²) >= 11 is 0. The molecule has 1 aromatic rings. The molecule has 0 aromatic carbocycles. The van der Waals surface area contributed by atoms with Crippen LogP contribution in [-0.2, 0) is 4.79 Å². The molecule has 0 bridgehead atoms. The SMILES string of the molecule is CN(C)C(CNC(=O)CC(C)(C)C)c1ccco1. The average molecular weight is 252 g/mol. The maximum atomic E-state index is 11.8. The van der Waals surface area contributed by atoms with Crippen molar-refractivity contribution in [1.82, 2.24) is 10.2 Å². The lowest BCUT2D eigenvalue weighted by molar-refractivity contribution is -0.123. The second-order valence-electron chi connectivity index (χ2n) is 6.04. The largest absolute Gasteiger partial charge is 0.468 e. The highest BCUT2D eigenvalue weighted by Gasteiger charge is 2.20. The number of hydrogen-bond donors (Lipinski definition) is 1. The third kappa shape index (κ3) is 4.92. The second kappa shape index (κ2) is 6.05. The molecule has 102 valence electrons. The molecule has 1 amide bonds. The fourth-order valence-corrected chi connectivity index (χ4v) is 1.77. The van der Waals surface area contributed by atoms with Gasteiger partial charge in [0.15, 0.2) is 0 Å². The highest BCUT2D eigenvalue weighted by Crippen LogP contribution is 2.20. The summed E-state index contributed by atoms with van der Waals surface area (Å²) in [6.45, 7) is 6.74. The normalized spacial score (nSPS) is 13.7. The van der Waals surface area contributed by atoms with E-state index in [2.05, 4.69) is 26.1 Å². The summed E-state index contributed by atoms with van der Waals surface area (Å²) in [6, 6.07) is 3.87. The van der Waals surface area contributed by atoms with Gasteiger partial charge in [0.2, 0.25) is 5.91 Å². The molecule has 1 N–H and O–H groups in total. The zero-order valence-electron chi connectivity index (χ0n) is 12.0. The number of likely N-dealkylation sites (N-methyl/N-ethyl adjacent to an activating group) is 1. The van der Waals surface area contributed by atoms with Gasteiger partial charge in [-0.05, 0) is 31.6 Å². The number of nitrogens with one attached hydrogen (secondary N) is 1. The molecule has 0 saturated heterocycles. The first-order valence-electron chi connectivity index (χ1n) is 6.26. The zero-order chi connectivity index (χ0) is 13.8. The van der Waals surface area contributed by atoms with E-state index in [1.54, 1.807) is 6.26 Å². The van der Waals surface area contributed by atoms with E-state index in [1.165, 1.54) is 0 Å². The van der Waals surface area contributed by atoms with Crippen LogP contribution in [0.4, 0.5) is 0 Å². The van der Waals surface area contributed by atoms with Gasteiger partial charge in [0, 0.05) is 13.0 Å². The van der Waals surface area contributed by atoms with Gasteiger partial charge >= 0.3 is 0 Å². The molecular formula is C14H24N2O2. The number of carbonyl (C=O) groups excluding carboxylic acids is 1. The van der Waals surface area contributed by atoms with Crippen LogP contribution in [0, 0.1) is 5.41 Å². The Morgan fingerprint density at radius 2 is 2.11 bits per heavy atom. The van der Waals surface area contributed by atoms with Crippen LogP contribution in [0.2, 0.25) is 0 Å². The number of rotatable bonds is 5. The molecule has 1 rings (SSSR count). The average Bonchev–Trinajstić information content (AvgIpc) is 2.67. The van der Waals surface area contributed by atoms with Crippen LogP contribution in [0.1, 0.15) is 39.0 Å². The monoisotopic (exact) mass is 252 g/mol. The van der Waals surface area contributed by atoms with Crippen LogP contribution < -0.4 is 5.32 Å². The Balaban J connectivity index is 2.52. The smallest absolute Gasteiger partial charge is 0.220 e. The summed E-state index contributed by atoms with van der Waals surface area (Å²) in [5.41, 5.74) is 0.0162. The Labute approximate surface area is 109 Å². The van der Waals surface area contributed by atoms with E-state index >= 15 is 0 Å². The first kappa shape index (κ1) is 14.8. The molecule has 4 heteroatoms. The molecule has 4 nitrogen and oxygen atoms in total. The minimum Gasteiger partial charge on any atom is -0.468 e. The Kier molecular flexibility index (Phi) is 4.96. The molecule has 1 heterocycles. The van der Waals surface area contributed by atoms with E-state index in [0.717, 1.165) is 5.76 Å². The summed E-state index contributed by atoms with van der Waals surface area (Å²) in [5.74, 6) is 0.956. The van der Waals surface area contributed by atoms with Crippen LogP contribution in [0.3, 0.4) is 0 Å². The van der Waals surface area contributed by atoms with Gasteiger partial charge in [-0.1, -0.05) is 20.8 Å². The fraction of sp³-hybridized carbons (Fsp3) is 0.643. The van der Waals surface area contributed by atoms with Crippen molar-refractivity contribution < 1.29 is 9.21 Å². The van der Waals surface area contributed by atoms with E-state index in [0.29, 0.717) is 13.0 Å². The van der Waals surface area contributed by atoms with Gasteiger partial charge in [-0.15, -0.1) is 0 Å². The van der Waals surface area contributed by atoms with Gasteiger partial charge < -0.3 is 9.73 Å². The van der Waals surface area contributed by atoms with Crippen molar-refractivity contribution in [3.8, 4) is 0 Å². The number of nitrogens with zero attached hydrogens (tertiary/aromatic N) is 1. The number of furan rings is 1. The summed E-state index contributed by atoms with van der Waals surface area (Å²) in [6.07, 6.45) is 2.19. The van der Waals surface area contributed by atoms with Crippen molar-refractivity contribution in [2.45, 2.75) is 33.2 Å². The molecule has 18 heavy (non-hydrogen) atoms. The van der Waals surface area contributed by atoms with E-state index in [-0.39, 0.29) is 17.4 Å². The van der Waals surface area contributed by atoms with Crippen molar-refractivity contribution in [2.75, 3.05) is 20.6 Å². The van der Waals surface area contributed by atoms with Crippen LogP contribution in [-0.4, -0.2) is 31.4 Å². The molecule has 0 fully saturated rings. The molecule has 1 unspecified atom stereocenters. The van der Waals surface area contributed by atoms with Crippen LogP contribution >= 0.6 is 0 Å². The topological polar surface area (TPSA) is 45.5 Å². The molecule has 0 saturated carbocycles. The predicted octanol–water partition coefficient (Wildman–Crippen LogP) is 2.43. The summed E-state index contributed by atoms with van der Waals surface area (Å²) < 4.78 is 5.40. The van der Waals surface area contributed by atoms with Gasteiger partial charge in [-0.2, -0.15) is 0 Å². The van der Waals surface area contributed by atoms with Crippen LogP contribution in [0.15, 0.2) is 22.8 Å². The van der Waals surface area contributed by atoms with E-state index in [1.807, 2.05) is 31.1 Å². The van der Waals surface area contributed by atoms with Crippen molar-refractivity contribution in [3.05, 3.63) is 24.2 Å². The van der Waals surface area contributed by atoms with E-state index in [4.69, 9.17) is 4.42 Å². The van der Waals surface area contributed by atoms with E-state index < -0.39 is 0 Å². The zero-order valence-corrected chi connectivity index (χ0v) is 12.0. The quantitative estimate of drug-likeness (QED) is 0.875. The lowest BCUT2D eigenvalue weighted by atomic mass is 9.92. The molecule has 0 aliphatic carbocycles. The molecule has 0 aliphatic rings. The van der Waals surface area contributed by atoms with E-state index in [9.17, 15) is 4.79 Å². The summed E-state index contributed by atoms with van der Waals surface area (Å²) in [4.78, 5) is 13.8. The Morgan fingerprint density at radius 1 is 1.44 bits per heavy atom. The highest BCUT2D eigenvalue weighted by atomic mass is 16.3. The van der Waals surface area contributed by atoms with Crippen LogP contribution in [0.25, 0.3) is 0 Å². The maximum absolute atomic E-state index is 11.8. The Morgan fingerprint density at radius 3 is 2.56 bits per heavy atom. The van der Waals surface area contributed by atoms with Gasteiger partial charge in [0.05, 0.1) is 12.3 Å². The lowest BCUT2D eigenvalue weighted by Gasteiger charge is -2.24. The molecule has 0 aliphatic heterocycles. The van der Waals surface area contributed by atoms with Crippen molar-refractivity contribution >= 4 is 5.91 Å². The van der Waals surface area contributed by atoms with Crippen molar-refractivity contribution in [1.29, 1.82) is 0 Å². The van der Waals surface area contributed by atoms with Gasteiger partial charge in [0.25, 0.3) is 0 Å². The standard InChI is InChI=1S/C14H24N2O2/c1-14(2,3)9-13(17)15-10-11(16(4)5)12-7-6-8-18-12/h6-8,11H,9-10H2,1-5H3,(H,15,17). The second-order valence-corrected chi connectivity index (χ2v) is 6.04. The summed E-state index contributed by atoms with van der Waals surface area (Å²) in [7, 11) is 3.95. The minimum atomic E-state index is 0.0162. The summed E-state index contributed by atoms with van der Waals surface area (Å²) in [5, 5.41) is 2.97. The first-order chi connectivity index (χ1) is 8.29. The van der Waals surface area contributed by atoms with Gasteiger partial charge in [0.1, 0.15) is 5.76 Å². The first-order valence-corrected chi connectivity index (χ1v) is 6.26. The highest BCUT2D eigenvalue weighted by molar-refractivity contribution is 5.76. The molecular weight excluding hydrogens is 228 g/mol. The third-order valence-corrected chi connectivity index (χ3v) is 2.68. The maximum Gasteiger partial charge on any atom is 0.220 e. The van der Waals surface area contributed by atoms with Crippen molar-refractivity contribution in [2.24, 2.45) is 5.41 Å². The number of hydrogen-bond acceptors (Lipinski definition) is 3. The van der Waals surface area contributed by atoms with Gasteiger partial charge in [-0.25, -0.2) is 0 Å². The number of amides is 1. The predicted molar refractivity (Wildman–Crippen MR) is 72.2 cm³/mol. The molecule has 1 atom stereocenters. The minimum absolute atomic E-state index is 0.0162. The lowest BCUT2D eigenvalue weighted by Crippen LogP contribution is -2.35. The Bertz CT molecular complexity index is 364. The molecule has 0 radical (unpaired) electrons. The third-order valence-electron chi connectivity index (χ3n) is 2.68. The Hall–Kier alpha value is -1.29. The van der Waals surface area contributed by atoms with Crippen molar-refractivity contribution in [3.63, 3.8) is 0 Å². The van der Waals surface area contributed by atoms with Gasteiger partial charge in [-0.3, -0.25) is 9.69 Å². The molecule has 1 aromatic heterocycles. The molecule has 0 spiro atoms.